The van der Waals surface area contributed by atoms with E-state index in [2.05, 4.69) is 30.9 Å². The Morgan fingerprint density at radius 3 is 1.82 bits per heavy atom. The Morgan fingerprint density at radius 1 is 0.714 bits per heavy atom. The third-order valence-corrected chi connectivity index (χ3v) is 8.02. The molecule has 0 aliphatic heterocycles. The number of para-hydroxylation sites is 2. The lowest BCUT2D eigenvalue weighted by molar-refractivity contribution is -0.143. The van der Waals surface area contributed by atoms with E-state index in [1.807, 2.05) is 48.5 Å². The van der Waals surface area contributed by atoms with Crippen molar-refractivity contribution in [2.24, 2.45) is 22.2 Å². The van der Waals surface area contributed by atoms with Crippen LogP contribution in [0.3, 0.4) is 0 Å². The third-order valence-electron chi connectivity index (χ3n) is 8.02. The number of aromatic amines is 2. The number of aromatic nitrogens is 2. The monoisotopic (exact) mass is 675 g/mol. The van der Waals surface area contributed by atoms with Crippen LogP contribution in [0.2, 0.25) is 0 Å². The molecule has 4 unspecified atom stereocenters. The summed E-state index contributed by atoms with van der Waals surface area (Å²) >= 11 is 0. The van der Waals surface area contributed by atoms with Gasteiger partial charge in [0.2, 0.25) is 17.7 Å². The van der Waals surface area contributed by atoms with Gasteiger partial charge in [-0.05, 0) is 48.9 Å². The Kier molecular flexibility index (Phi) is 12.3. The number of hydrogen-bond acceptors (Lipinski definition) is 7. The maximum absolute atomic E-state index is 13.8. The second kappa shape index (κ2) is 16.8. The number of H-pyrrole nitrogens is 2. The van der Waals surface area contributed by atoms with Crippen LogP contribution in [0, 0.1) is 0 Å². The quantitative estimate of drug-likeness (QED) is 0.0389. The number of carbonyl (C=O) groups is 5. The fourth-order valence-corrected chi connectivity index (χ4v) is 5.48. The van der Waals surface area contributed by atoms with Gasteiger partial charge in [-0.15, -0.1) is 0 Å². The molecule has 16 nitrogen and oxygen atoms in total. The molecular weight excluding hydrogens is 634 g/mol. The van der Waals surface area contributed by atoms with Gasteiger partial charge in [0, 0.05) is 53.6 Å². The molecule has 49 heavy (non-hydrogen) atoms. The molecule has 4 aromatic rings. The van der Waals surface area contributed by atoms with Gasteiger partial charge in [0.05, 0.1) is 6.04 Å². The number of aliphatic carboxylic acids is 2. The highest BCUT2D eigenvalue weighted by Gasteiger charge is 2.31. The molecule has 2 heterocycles. The summed E-state index contributed by atoms with van der Waals surface area (Å²) < 4.78 is 0. The lowest BCUT2D eigenvalue weighted by Gasteiger charge is -2.25. The average Bonchev–Trinajstić information content (AvgIpc) is 3.67. The van der Waals surface area contributed by atoms with Crippen LogP contribution >= 0.6 is 0 Å². The van der Waals surface area contributed by atoms with E-state index in [0.29, 0.717) is 5.56 Å². The predicted molar refractivity (Wildman–Crippen MR) is 182 cm³/mol. The van der Waals surface area contributed by atoms with Crippen LogP contribution in [0.5, 0.6) is 0 Å². The highest BCUT2D eigenvalue weighted by Crippen LogP contribution is 2.21. The molecule has 3 amide bonds. The van der Waals surface area contributed by atoms with Gasteiger partial charge in [0.1, 0.15) is 18.1 Å². The smallest absolute Gasteiger partial charge is 0.326 e. The molecule has 0 spiro atoms. The SMILES string of the molecule is NC(N)=NCCCC(NC(=O)C(CCC(=O)O)NC(=O)C(Cc1c[nH]c2ccccc12)NC(=O)C(N)Cc1c[nH]c2ccccc12)C(=O)O. The first kappa shape index (κ1) is 35.9. The van der Waals surface area contributed by atoms with E-state index in [-0.39, 0.29) is 44.6 Å². The van der Waals surface area contributed by atoms with Crippen LogP contribution < -0.4 is 33.2 Å². The number of carboxylic acids is 2. The Balaban J connectivity index is 1.53. The number of benzene rings is 2. The lowest BCUT2D eigenvalue weighted by atomic mass is 10.0. The molecule has 13 N–H and O–H groups in total. The minimum absolute atomic E-state index is 0.00277. The van der Waals surface area contributed by atoms with Crippen molar-refractivity contribution in [1.29, 1.82) is 0 Å². The van der Waals surface area contributed by atoms with Gasteiger partial charge in [0.25, 0.3) is 0 Å². The van der Waals surface area contributed by atoms with Gasteiger partial charge in [-0.2, -0.15) is 0 Å². The second-order valence-corrected chi connectivity index (χ2v) is 11.6. The van der Waals surface area contributed by atoms with Crippen molar-refractivity contribution < 1.29 is 34.2 Å². The van der Waals surface area contributed by atoms with Gasteiger partial charge in [-0.3, -0.25) is 24.2 Å². The van der Waals surface area contributed by atoms with E-state index in [0.717, 1.165) is 27.4 Å². The first-order valence-electron chi connectivity index (χ1n) is 15.7. The number of carbonyl (C=O) groups excluding carboxylic acids is 3. The molecule has 0 fully saturated rings. The summed E-state index contributed by atoms with van der Waals surface area (Å²) in [6.45, 7) is 0.124. The molecule has 2 aromatic heterocycles. The zero-order chi connectivity index (χ0) is 35.5. The number of carboxylic acid groups (broad SMARTS) is 2. The van der Waals surface area contributed by atoms with Crippen LogP contribution in [0.25, 0.3) is 21.8 Å². The fourth-order valence-electron chi connectivity index (χ4n) is 5.48. The number of nitrogens with one attached hydrogen (secondary N) is 5. The number of rotatable bonds is 18. The first-order chi connectivity index (χ1) is 23.4. The third kappa shape index (κ3) is 10.0. The van der Waals surface area contributed by atoms with Gasteiger partial charge >= 0.3 is 11.9 Å². The molecule has 4 rings (SSSR count). The molecule has 0 aliphatic carbocycles. The van der Waals surface area contributed by atoms with Crippen molar-refractivity contribution >= 4 is 57.4 Å². The van der Waals surface area contributed by atoms with Crippen molar-refractivity contribution in [3.8, 4) is 0 Å². The van der Waals surface area contributed by atoms with Crippen molar-refractivity contribution in [2.75, 3.05) is 6.54 Å². The van der Waals surface area contributed by atoms with Crippen molar-refractivity contribution in [2.45, 2.75) is 62.7 Å². The van der Waals surface area contributed by atoms with Crippen LogP contribution in [-0.2, 0) is 36.8 Å². The van der Waals surface area contributed by atoms with E-state index < -0.39 is 60.2 Å². The minimum atomic E-state index is -1.44. The van der Waals surface area contributed by atoms with E-state index in [1.165, 1.54) is 0 Å². The minimum Gasteiger partial charge on any atom is -0.481 e. The van der Waals surface area contributed by atoms with Crippen LogP contribution in [0.15, 0.2) is 65.9 Å². The van der Waals surface area contributed by atoms with E-state index in [9.17, 15) is 34.2 Å². The Hall–Kier alpha value is -5.90. The summed E-state index contributed by atoms with van der Waals surface area (Å²) in [7, 11) is 0. The number of aliphatic imine (C=N–C) groups is 1. The number of nitrogens with zero attached hydrogens (tertiary/aromatic N) is 1. The fraction of sp³-hybridized carbons (Fsp3) is 0.333. The molecule has 2 aromatic carbocycles. The van der Waals surface area contributed by atoms with E-state index in [1.54, 1.807) is 12.4 Å². The summed E-state index contributed by atoms with van der Waals surface area (Å²) in [5, 5.41) is 28.3. The molecular formula is C33H41N9O7. The summed E-state index contributed by atoms with van der Waals surface area (Å²) in [6.07, 6.45) is 2.97. The van der Waals surface area contributed by atoms with Crippen molar-refractivity contribution in [3.63, 3.8) is 0 Å². The summed E-state index contributed by atoms with van der Waals surface area (Å²) in [4.78, 5) is 74.0. The summed E-state index contributed by atoms with van der Waals surface area (Å²) in [5.41, 5.74) is 20.1. The van der Waals surface area contributed by atoms with Crippen molar-refractivity contribution in [3.05, 3.63) is 72.1 Å². The Labute approximate surface area is 280 Å². The van der Waals surface area contributed by atoms with Crippen LogP contribution in [-0.4, -0.2) is 86.5 Å². The highest BCUT2D eigenvalue weighted by atomic mass is 16.4. The highest BCUT2D eigenvalue weighted by molar-refractivity contribution is 5.95. The summed E-state index contributed by atoms with van der Waals surface area (Å²) in [6, 6.07) is 9.83. The molecule has 0 saturated heterocycles. The molecule has 0 radical (unpaired) electrons. The van der Waals surface area contributed by atoms with Crippen molar-refractivity contribution in [1.82, 2.24) is 25.9 Å². The maximum atomic E-state index is 13.8. The van der Waals surface area contributed by atoms with E-state index >= 15 is 0 Å². The van der Waals surface area contributed by atoms with Gasteiger partial charge in [0.15, 0.2) is 5.96 Å². The van der Waals surface area contributed by atoms with Crippen LogP contribution in [0.4, 0.5) is 0 Å². The van der Waals surface area contributed by atoms with Gasteiger partial charge in [-0.25, -0.2) is 4.79 Å². The largest absolute Gasteiger partial charge is 0.481 e. The topological polar surface area (TPSA) is 284 Å². The first-order valence-corrected chi connectivity index (χ1v) is 15.7. The summed E-state index contributed by atoms with van der Waals surface area (Å²) in [5.74, 6) is -5.05. The Morgan fingerprint density at radius 2 is 1.24 bits per heavy atom. The standard InChI is InChI=1S/C33H41N9O7/c34-22(14-18-16-38-23-8-3-1-6-20(18)23)29(45)42-27(15-19-17-39-24-9-4-2-7-21(19)24)31(47)40-25(11-12-28(43)44)30(46)41-26(32(48)49)10-5-13-37-33(35)36/h1-4,6-9,16-17,22,25-27,38-39H,5,10-15,34H2,(H,40,47)(H,41,46)(H,42,45)(H,43,44)(H,48,49)(H4,35,36,37). The number of fused-ring (bicyclic) bond motifs is 2. The molecule has 0 aliphatic rings. The van der Waals surface area contributed by atoms with E-state index in [4.69, 9.17) is 17.2 Å². The van der Waals surface area contributed by atoms with Crippen LogP contribution in [0.1, 0.15) is 36.8 Å². The molecule has 16 heteroatoms. The van der Waals surface area contributed by atoms with Gasteiger partial charge < -0.3 is 53.3 Å². The number of nitrogens with two attached hydrogens (primary N) is 3. The molecule has 260 valence electrons. The lowest BCUT2D eigenvalue weighted by Crippen LogP contribution is -2.57. The zero-order valence-corrected chi connectivity index (χ0v) is 26.6. The number of amides is 3. The Bertz CT molecular complexity index is 1830. The predicted octanol–water partition coefficient (Wildman–Crippen LogP) is 0.219. The van der Waals surface area contributed by atoms with Gasteiger partial charge in [-0.1, -0.05) is 36.4 Å². The number of guanidine groups is 1. The molecule has 0 saturated carbocycles. The molecule has 4 atom stereocenters. The average molecular weight is 676 g/mol. The second-order valence-electron chi connectivity index (χ2n) is 11.6. The normalized spacial score (nSPS) is 13.6. The maximum Gasteiger partial charge on any atom is 0.326 e. The number of hydrogen-bond donors (Lipinski definition) is 10. The molecule has 0 bridgehead atoms. The zero-order valence-electron chi connectivity index (χ0n) is 26.6.